The van der Waals surface area contributed by atoms with Gasteiger partial charge in [-0.2, -0.15) is 0 Å². The van der Waals surface area contributed by atoms with Gasteiger partial charge in [-0.25, -0.2) is 4.98 Å². The minimum absolute atomic E-state index is 0.654. The van der Waals surface area contributed by atoms with Crippen LogP contribution in [0.5, 0.6) is 0 Å². The van der Waals surface area contributed by atoms with Crippen LogP contribution < -0.4 is 5.73 Å². The highest BCUT2D eigenvalue weighted by molar-refractivity contribution is 5.79. The summed E-state index contributed by atoms with van der Waals surface area (Å²) >= 11 is 0. The molecule has 1 aromatic heterocycles. The van der Waals surface area contributed by atoms with Gasteiger partial charge >= 0.3 is 0 Å². The van der Waals surface area contributed by atoms with Gasteiger partial charge in [0.15, 0.2) is 0 Å². The standard InChI is InChI=1S/C13H17N3/c1-9-2-5-12-11(8-9)15-13(14)16(12)7-6-10-3-4-10/h2,5,8,10H,3-4,6-7H2,1H3,(H2,14,15). The number of hydrogen-bond acceptors (Lipinski definition) is 2. The van der Waals surface area contributed by atoms with E-state index in [1.165, 1.54) is 30.3 Å². The molecule has 1 saturated carbocycles. The van der Waals surface area contributed by atoms with E-state index < -0.39 is 0 Å². The number of nitrogen functional groups attached to an aromatic ring is 1. The Morgan fingerprint density at radius 2 is 2.25 bits per heavy atom. The molecule has 3 heteroatoms. The first-order chi connectivity index (χ1) is 7.74. The molecule has 2 N–H and O–H groups in total. The smallest absolute Gasteiger partial charge is 0.201 e. The molecule has 0 aliphatic heterocycles. The van der Waals surface area contributed by atoms with Crippen LogP contribution in [0.15, 0.2) is 18.2 Å². The number of imidazole rings is 1. The van der Waals surface area contributed by atoms with Crippen LogP contribution in [-0.2, 0) is 6.54 Å². The van der Waals surface area contributed by atoms with Gasteiger partial charge in [0.2, 0.25) is 5.95 Å². The molecular weight excluding hydrogens is 198 g/mol. The van der Waals surface area contributed by atoms with Crippen molar-refractivity contribution in [3.05, 3.63) is 23.8 Å². The van der Waals surface area contributed by atoms with Crippen molar-refractivity contribution in [2.75, 3.05) is 5.73 Å². The van der Waals surface area contributed by atoms with Crippen molar-refractivity contribution in [3.63, 3.8) is 0 Å². The fourth-order valence-electron chi connectivity index (χ4n) is 2.21. The maximum Gasteiger partial charge on any atom is 0.201 e. The number of benzene rings is 1. The fourth-order valence-corrected chi connectivity index (χ4v) is 2.21. The van der Waals surface area contributed by atoms with E-state index in [-0.39, 0.29) is 0 Å². The van der Waals surface area contributed by atoms with Crippen molar-refractivity contribution in [2.45, 2.75) is 32.7 Å². The van der Waals surface area contributed by atoms with E-state index in [1.807, 2.05) is 0 Å². The van der Waals surface area contributed by atoms with E-state index >= 15 is 0 Å². The summed E-state index contributed by atoms with van der Waals surface area (Å²) in [5, 5.41) is 0. The van der Waals surface area contributed by atoms with Crippen LogP contribution in [-0.4, -0.2) is 9.55 Å². The van der Waals surface area contributed by atoms with Crippen molar-refractivity contribution >= 4 is 17.0 Å². The second-order valence-corrected chi connectivity index (χ2v) is 4.85. The van der Waals surface area contributed by atoms with Gasteiger partial charge in [0.25, 0.3) is 0 Å². The van der Waals surface area contributed by atoms with Gasteiger partial charge in [-0.15, -0.1) is 0 Å². The van der Waals surface area contributed by atoms with Crippen LogP contribution in [0.4, 0.5) is 5.95 Å². The molecule has 0 unspecified atom stereocenters. The highest BCUT2D eigenvalue weighted by atomic mass is 15.1. The number of hydrogen-bond donors (Lipinski definition) is 1. The van der Waals surface area contributed by atoms with Gasteiger partial charge in [-0.1, -0.05) is 18.9 Å². The minimum Gasteiger partial charge on any atom is -0.369 e. The van der Waals surface area contributed by atoms with Crippen molar-refractivity contribution in [1.82, 2.24) is 9.55 Å². The van der Waals surface area contributed by atoms with E-state index in [9.17, 15) is 0 Å². The lowest BCUT2D eigenvalue weighted by atomic mass is 10.2. The molecule has 0 spiro atoms. The highest BCUT2D eigenvalue weighted by Crippen LogP contribution is 2.33. The second-order valence-electron chi connectivity index (χ2n) is 4.85. The summed E-state index contributed by atoms with van der Waals surface area (Å²) in [5.41, 5.74) is 9.39. The molecule has 1 heterocycles. The molecule has 3 nitrogen and oxygen atoms in total. The summed E-state index contributed by atoms with van der Waals surface area (Å²) in [4.78, 5) is 4.41. The maximum absolute atomic E-state index is 5.96. The molecule has 0 amide bonds. The number of aromatic nitrogens is 2. The third kappa shape index (κ3) is 1.66. The minimum atomic E-state index is 0.654. The first-order valence-corrected chi connectivity index (χ1v) is 5.96. The van der Waals surface area contributed by atoms with Gasteiger partial charge in [0.05, 0.1) is 11.0 Å². The molecule has 1 aromatic carbocycles. The molecule has 84 valence electrons. The Morgan fingerprint density at radius 1 is 1.44 bits per heavy atom. The van der Waals surface area contributed by atoms with Gasteiger partial charge in [0.1, 0.15) is 0 Å². The van der Waals surface area contributed by atoms with Gasteiger partial charge in [-0.3, -0.25) is 0 Å². The Balaban J connectivity index is 1.97. The van der Waals surface area contributed by atoms with Crippen LogP contribution in [0.2, 0.25) is 0 Å². The monoisotopic (exact) mass is 215 g/mol. The molecular formula is C13H17N3. The number of nitrogens with two attached hydrogens (primary N) is 1. The predicted octanol–water partition coefficient (Wildman–Crippen LogP) is 2.73. The summed E-state index contributed by atoms with van der Waals surface area (Å²) < 4.78 is 2.15. The zero-order valence-electron chi connectivity index (χ0n) is 9.61. The predicted molar refractivity (Wildman–Crippen MR) is 66.2 cm³/mol. The number of fused-ring (bicyclic) bond motifs is 1. The molecule has 2 aromatic rings. The molecule has 3 rings (SSSR count). The summed E-state index contributed by atoms with van der Waals surface area (Å²) in [5.74, 6) is 1.59. The number of nitrogens with zero attached hydrogens (tertiary/aromatic N) is 2. The fraction of sp³-hybridized carbons (Fsp3) is 0.462. The Labute approximate surface area is 95.3 Å². The molecule has 16 heavy (non-hydrogen) atoms. The molecule has 0 radical (unpaired) electrons. The quantitative estimate of drug-likeness (QED) is 0.855. The Morgan fingerprint density at radius 3 is 3.00 bits per heavy atom. The zero-order valence-corrected chi connectivity index (χ0v) is 9.61. The Hall–Kier alpha value is -1.51. The normalized spacial score (nSPS) is 15.8. The average molecular weight is 215 g/mol. The second kappa shape index (κ2) is 3.51. The van der Waals surface area contributed by atoms with E-state index in [1.54, 1.807) is 0 Å². The SMILES string of the molecule is Cc1ccc2c(c1)nc(N)n2CCC1CC1. The Kier molecular flexibility index (Phi) is 2.13. The average Bonchev–Trinajstić information content (AvgIpc) is 3.00. The molecule has 1 aliphatic rings. The van der Waals surface area contributed by atoms with Crippen LogP contribution in [0.1, 0.15) is 24.8 Å². The third-order valence-electron chi connectivity index (χ3n) is 3.39. The summed E-state index contributed by atoms with van der Waals surface area (Å²) in [6.45, 7) is 3.09. The first-order valence-electron chi connectivity index (χ1n) is 5.96. The lowest BCUT2D eigenvalue weighted by Crippen LogP contribution is -2.03. The lowest BCUT2D eigenvalue weighted by Gasteiger charge is -2.05. The largest absolute Gasteiger partial charge is 0.369 e. The van der Waals surface area contributed by atoms with E-state index in [4.69, 9.17) is 5.73 Å². The van der Waals surface area contributed by atoms with Crippen molar-refractivity contribution in [1.29, 1.82) is 0 Å². The molecule has 0 bridgehead atoms. The van der Waals surface area contributed by atoms with Crippen molar-refractivity contribution in [2.24, 2.45) is 5.92 Å². The van der Waals surface area contributed by atoms with E-state index in [0.717, 1.165) is 18.0 Å². The lowest BCUT2D eigenvalue weighted by molar-refractivity contribution is 0.614. The van der Waals surface area contributed by atoms with Crippen molar-refractivity contribution < 1.29 is 0 Å². The Bertz CT molecular complexity index is 523. The van der Waals surface area contributed by atoms with E-state index in [2.05, 4.69) is 34.7 Å². The molecule has 0 saturated heterocycles. The number of aryl methyl sites for hydroxylation is 2. The number of anilines is 1. The topological polar surface area (TPSA) is 43.8 Å². The summed E-state index contributed by atoms with van der Waals surface area (Å²) in [7, 11) is 0. The van der Waals surface area contributed by atoms with Gasteiger partial charge < -0.3 is 10.3 Å². The van der Waals surface area contributed by atoms with Crippen molar-refractivity contribution in [3.8, 4) is 0 Å². The van der Waals surface area contributed by atoms with Crippen LogP contribution >= 0.6 is 0 Å². The first kappa shape index (κ1) is 9.70. The van der Waals surface area contributed by atoms with Crippen LogP contribution in [0.3, 0.4) is 0 Å². The number of rotatable bonds is 3. The highest BCUT2D eigenvalue weighted by Gasteiger charge is 2.21. The zero-order chi connectivity index (χ0) is 11.1. The molecule has 1 aliphatic carbocycles. The molecule has 1 fully saturated rings. The molecule has 0 atom stereocenters. The van der Waals surface area contributed by atoms with Crippen LogP contribution in [0, 0.1) is 12.8 Å². The van der Waals surface area contributed by atoms with E-state index in [0.29, 0.717) is 5.95 Å². The van der Waals surface area contributed by atoms with Gasteiger partial charge in [0, 0.05) is 6.54 Å². The van der Waals surface area contributed by atoms with Gasteiger partial charge in [-0.05, 0) is 37.0 Å². The third-order valence-corrected chi connectivity index (χ3v) is 3.39. The van der Waals surface area contributed by atoms with Crippen LogP contribution in [0.25, 0.3) is 11.0 Å². The summed E-state index contributed by atoms with van der Waals surface area (Å²) in [6.07, 6.45) is 4.03. The summed E-state index contributed by atoms with van der Waals surface area (Å²) in [6, 6.07) is 6.34. The maximum atomic E-state index is 5.96.